The maximum Gasteiger partial charge on any atom is 4.00 e. The first-order valence-electron chi connectivity index (χ1n) is 0.667. The summed E-state index contributed by atoms with van der Waals surface area (Å²) in [4.78, 5) is 0. The summed E-state index contributed by atoms with van der Waals surface area (Å²) in [6.45, 7) is 0. The maximum absolute atomic E-state index is 8.52. The van der Waals surface area contributed by atoms with Crippen molar-refractivity contribution in [2.24, 2.45) is 0 Å². The van der Waals surface area contributed by atoms with Crippen molar-refractivity contribution in [1.82, 2.24) is 0 Å². The van der Waals surface area contributed by atoms with E-state index in [1.54, 1.807) is 0 Å². The van der Waals surface area contributed by atoms with Crippen LogP contribution in [-0.2, 0) is 32.1 Å². The van der Waals surface area contributed by atoms with Gasteiger partial charge < -0.3 is 9.11 Å². The first-order chi connectivity index (χ1) is 2.00. The van der Waals surface area contributed by atoms with Gasteiger partial charge in [0.05, 0.1) is 0 Å². The van der Waals surface area contributed by atoms with Crippen LogP contribution < -0.4 is 68.9 Å². The molecular weight excluding hydrogens is 277 g/mol. The second kappa shape index (κ2) is 6.75. The Kier molecular flexibility index (Phi) is 15.7. The van der Waals surface area contributed by atoms with Gasteiger partial charge in [-0.1, -0.05) is 0 Å². The molecule has 0 saturated carbocycles. The summed E-state index contributed by atoms with van der Waals surface area (Å²) in [6.07, 6.45) is 0. The van der Waals surface area contributed by atoms with E-state index in [0.717, 1.165) is 0 Å². The summed E-state index contributed by atoms with van der Waals surface area (Å²) >= 11 is 0. The van der Waals surface area contributed by atoms with Gasteiger partial charge in [0.1, 0.15) is 0 Å². The summed E-state index contributed by atoms with van der Waals surface area (Å²) in [7, 11) is -5.17. The van der Waals surface area contributed by atoms with Gasteiger partial charge in [0, 0.05) is 10.4 Å². The largest absolute Gasteiger partial charge is 4.00 e. The fourth-order valence-corrected chi connectivity index (χ4v) is 0. The molecule has 0 spiro atoms. The zero-order chi connectivity index (χ0) is 4.50. The maximum atomic E-state index is 8.52. The molecule has 0 radical (unpaired) electrons. The summed E-state index contributed by atoms with van der Waals surface area (Å²) in [5.41, 5.74) is 0. The Morgan fingerprint density at radius 2 is 1.14 bits per heavy atom. The molecule has 0 heterocycles. The van der Waals surface area contributed by atoms with Crippen molar-refractivity contribution in [3.8, 4) is 0 Å². The molecule has 0 fully saturated rings. The molecule has 0 aromatic heterocycles. The van der Waals surface area contributed by atoms with Crippen LogP contribution in [0.3, 0.4) is 0 Å². The van der Waals surface area contributed by atoms with Gasteiger partial charge in [0.15, 0.2) is 0 Å². The SMILES string of the molecule is O=S(=O)([O-])[O-].[Cs+].[Ti+4]. The Labute approximate surface area is 115 Å². The van der Waals surface area contributed by atoms with E-state index in [0.29, 0.717) is 0 Å². The van der Waals surface area contributed by atoms with Gasteiger partial charge >= 0.3 is 90.6 Å². The Morgan fingerprint density at radius 3 is 1.14 bits per heavy atom. The van der Waals surface area contributed by atoms with Crippen molar-refractivity contribution in [3.05, 3.63) is 0 Å². The molecule has 7 heteroatoms. The van der Waals surface area contributed by atoms with Gasteiger partial charge in [-0.25, -0.2) is 0 Å². The zero-order valence-corrected chi connectivity index (χ0v) is 12.2. The van der Waals surface area contributed by atoms with Crippen LogP contribution in [0.1, 0.15) is 0 Å². The second-order valence-corrected chi connectivity index (χ2v) is 1.22. The molecule has 0 unspecified atom stereocenters. The summed E-state index contributed by atoms with van der Waals surface area (Å²) in [5.74, 6) is 0. The quantitative estimate of drug-likeness (QED) is 0.255. The van der Waals surface area contributed by atoms with Crippen molar-refractivity contribution >= 4 is 10.4 Å². The van der Waals surface area contributed by atoms with Crippen LogP contribution in [-0.4, -0.2) is 17.5 Å². The van der Waals surface area contributed by atoms with Crippen LogP contribution in [0.2, 0.25) is 0 Å². The number of hydrogen-bond acceptors (Lipinski definition) is 4. The van der Waals surface area contributed by atoms with Crippen LogP contribution in [0.25, 0.3) is 0 Å². The molecule has 0 amide bonds. The third-order valence-corrected chi connectivity index (χ3v) is 0. The predicted octanol–water partition coefficient (Wildman–Crippen LogP) is -4.34. The Balaban J connectivity index is -0.0000000800. The molecule has 0 atom stereocenters. The van der Waals surface area contributed by atoms with Crippen LogP contribution in [0.4, 0.5) is 0 Å². The normalized spacial score (nSPS) is 8.29. The first kappa shape index (κ1) is 16.3. The third kappa shape index (κ3) is 54.7. The summed E-state index contributed by atoms with van der Waals surface area (Å²) < 4.78 is 34.1. The molecular formula is CsO4STi+3. The molecule has 0 bridgehead atoms. The Bertz CT molecular complexity index is 94.9. The molecule has 0 aromatic rings. The monoisotopic (exact) mass is 277 g/mol. The van der Waals surface area contributed by atoms with E-state index in [2.05, 4.69) is 0 Å². The van der Waals surface area contributed by atoms with Gasteiger partial charge in [-0.05, 0) is 0 Å². The first-order valence-corrected chi connectivity index (χ1v) is 2.00. The number of rotatable bonds is 0. The molecule has 32 valence electrons. The zero-order valence-electron chi connectivity index (χ0n) is 3.54. The van der Waals surface area contributed by atoms with Crippen molar-refractivity contribution in [3.63, 3.8) is 0 Å². The van der Waals surface area contributed by atoms with Gasteiger partial charge in [-0.2, -0.15) is 0 Å². The van der Waals surface area contributed by atoms with Crippen LogP contribution in [0.5, 0.6) is 0 Å². The van der Waals surface area contributed by atoms with E-state index in [1.807, 2.05) is 0 Å². The van der Waals surface area contributed by atoms with Crippen LogP contribution >= 0.6 is 0 Å². The van der Waals surface area contributed by atoms with Crippen molar-refractivity contribution < 1.29 is 108 Å². The van der Waals surface area contributed by atoms with E-state index in [4.69, 9.17) is 17.5 Å². The fourth-order valence-electron chi connectivity index (χ4n) is 0. The smallest absolute Gasteiger partial charge is 0.759 e. The molecule has 7 heavy (non-hydrogen) atoms. The van der Waals surface area contributed by atoms with E-state index in [9.17, 15) is 0 Å². The fraction of sp³-hybridized carbons (Fsp3) is 0. The average molecular weight is 277 g/mol. The van der Waals surface area contributed by atoms with Gasteiger partial charge in [0.25, 0.3) is 0 Å². The molecule has 4 nitrogen and oxygen atoms in total. The standard InChI is InChI=1S/Cs.H2O4S.Ti/c;1-5(2,3)4;/h;(H2,1,2,3,4);/q+1;;+4/p-2. The summed E-state index contributed by atoms with van der Waals surface area (Å²) in [5, 5.41) is 0. The second-order valence-electron chi connectivity index (χ2n) is 0.408. The molecule has 0 rings (SSSR count). The summed E-state index contributed by atoms with van der Waals surface area (Å²) in [6, 6.07) is 0. The third-order valence-electron chi connectivity index (χ3n) is 0. The van der Waals surface area contributed by atoms with E-state index in [1.165, 1.54) is 0 Å². The molecule has 0 aliphatic carbocycles. The predicted molar refractivity (Wildman–Crippen MR) is 10.5 cm³/mol. The molecule has 0 aromatic carbocycles. The van der Waals surface area contributed by atoms with E-state index in [-0.39, 0.29) is 90.6 Å². The van der Waals surface area contributed by atoms with Gasteiger partial charge in [-0.15, -0.1) is 0 Å². The Hall–Kier alpha value is 2.64. The topological polar surface area (TPSA) is 80.3 Å². The molecule has 0 aliphatic heterocycles. The number of hydrogen-bond donors (Lipinski definition) is 0. The molecule has 0 aliphatic rings. The van der Waals surface area contributed by atoms with Gasteiger partial charge in [-0.3, -0.25) is 8.42 Å². The van der Waals surface area contributed by atoms with Crippen molar-refractivity contribution in [2.45, 2.75) is 0 Å². The molecule has 0 N–H and O–H groups in total. The average Bonchev–Trinajstić information content (AvgIpc) is 0.722. The minimum Gasteiger partial charge on any atom is -0.759 e. The minimum absolute atomic E-state index is 0. The van der Waals surface area contributed by atoms with Crippen molar-refractivity contribution in [1.29, 1.82) is 0 Å². The molecule has 0 saturated heterocycles. The Morgan fingerprint density at radius 1 is 1.14 bits per heavy atom. The van der Waals surface area contributed by atoms with Crippen LogP contribution in [0.15, 0.2) is 0 Å². The van der Waals surface area contributed by atoms with Gasteiger partial charge in [0.2, 0.25) is 0 Å². The minimum atomic E-state index is -5.17. The van der Waals surface area contributed by atoms with E-state index < -0.39 is 10.4 Å². The van der Waals surface area contributed by atoms with Crippen molar-refractivity contribution in [2.75, 3.05) is 0 Å². The van der Waals surface area contributed by atoms with Crippen LogP contribution in [0, 0.1) is 0 Å². The van der Waals surface area contributed by atoms with E-state index >= 15 is 0 Å².